The van der Waals surface area contributed by atoms with Gasteiger partial charge in [0.25, 0.3) is 0 Å². The molecule has 1 saturated heterocycles. The zero-order valence-electron chi connectivity index (χ0n) is 10.2. The van der Waals surface area contributed by atoms with Gasteiger partial charge in [0.2, 0.25) is 0 Å². The molecule has 4 atom stereocenters. The Balaban J connectivity index is 1.81. The van der Waals surface area contributed by atoms with E-state index in [4.69, 9.17) is 0 Å². The van der Waals surface area contributed by atoms with Crippen LogP contribution in [-0.2, 0) is 0 Å². The first-order valence-corrected chi connectivity index (χ1v) is 7.76. The number of thioether (sulfide) groups is 1. The maximum atomic E-state index is 3.92. The molecule has 0 aromatic rings. The van der Waals surface area contributed by atoms with Gasteiger partial charge in [-0.25, -0.2) is 0 Å². The van der Waals surface area contributed by atoms with Gasteiger partial charge in [-0.05, 0) is 36.9 Å². The summed E-state index contributed by atoms with van der Waals surface area (Å²) in [6.45, 7) is 4.87. The Morgan fingerprint density at radius 1 is 1.07 bits per heavy atom. The average Bonchev–Trinajstić information content (AvgIpc) is 2.26. The van der Waals surface area contributed by atoms with Gasteiger partial charge in [-0.2, -0.15) is 11.8 Å². The summed E-state index contributed by atoms with van der Waals surface area (Å²) in [6.07, 6.45) is 7.11. The van der Waals surface area contributed by atoms with Gasteiger partial charge >= 0.3 is 0 Å². The van der Waals surface area contributed by atoms with Crippen molar-refractivity contribution in [3.8, 4) is 0 Å². The van der Waals surface area contributed by atoms with E-state index in [-0.39, 0.29) is 0 Å². The second-order valence-electron chi connectivity index (χ2n) is 5.45. The van der Waals surface area contributed by atoms with E-state index < -0.39 is 0 Å². The van der Waals surface area contributed by atoms with Crippen molar-refractivity contribution in [2.24, 2.45) is 11.8 Å². The number of nitrogens with one attached hydrogen (secondary N) is 1. The predicted octanol–water partition coefficient (Wildman–Crippen LogP) is 3.30. The summed E-state index contributed by atoms with van der Waals surface area (Å²) in [6, 6.07) is 1.61. The third-order valence-electron chi connectivity index (χ3n) is 4.32. The molecule has 0 aromatic heterocycles. The molecule has 1 saturated carbocycles. The Labute approximate surface area is 98.8 Å². The standard InChI is InChI=1S/C13H25NS/c1-10-5-3-7-13(11(10)2)14-12-6-4-8-15-9-12/h10-14H,3-9H2,1-2H3/t10-,11+,12-,13+/m1/s1. The van der Waals surface area contributed by atoms with Crippen LogP contribution >= 0.6 is 11.8 Å². The SMILES string of the molecule is C[C@H]1[C@H](C)CCC[C@@H]1N[C@@H]1CCCSC1. The van der Waals surface area contributed by atoms with Gasteiger partial charge in [-0.3, -0.25) is 0 Å². The molecule has 0 bridgehead atoms. The normalized spacial score (nSPS) is 42.8. The molecule has 2 rings (SSSR count). The van der Waals surface area contributed by atoms with Gasteiger partial charge in [0, 0.05) is 17.8 Å². The second kappa shape index (κ2) is 5.58. The molecule has 0 aromatic carbocycles. The molecule has 2 heteroatoms. The van der Waals surface area contributed by atoms with Crippen molar-refractivity contribution < 1.29 is 0 Å². The van der Waals surface area contributed by atoms with Crippen LogP contribution in [0.3, 0.4) is 0 Å². The summed E-state index contributed by atoms with van der Waals surface area (Å²) in [7, 11) is 0. The van der Waals surface area contributed by atoms with Crippen molar-refractivity contribution in [1.82, 2.24) is 5.32 Å². The van der Waals surface area contributed by atoms with E-state index in [9.17, 15) is 0 Å². The predicted molar refractivity (Wildman–Crippen MR) is 69.4 cm³/mol. The molecule has 2 aliphatic rings. The third kappa shape index (κ3) is 3.13. The summed E-state index contributed by atoms with van der Waals surface area (Å²) in [5.74, 6) is 4.53. The molecule has 1 aliphatic carbocycles. The molecule has 15 heavy (non-hydrogen) atoms. The van der Waals surface area contributed by atoms with Crippen LogP contribution in [-0.4, -0.2) is 23.6 Å². The van der Waals surface area contributed by atoms with Gasteiger partial charge < -0.3 is 5.32 Å². The van der Waals surface area contributed by atoms with Gasteiger partial charge in [0.15, 0.2) is 0 Å². The second-order valence-corrected chi connectivity index (χ2v) is 6.60. The van der Waals surface area contributed by atoms with Crippen molar-refractivity contribution in [2.75, 3.05) is 11.5 Å². The van der Waals surface area contributed by atoms with Crippen molar-refractivity contribution in [2.45, 2.75) is 58.0 Å². The number of rotatable bonds is 2. The first-order valence-electron chi connectivity index (χ1n) is 6.61. The van der Waals surface area contributed by atoms with Gasteiger partial charge in [0.05, 0.1) is 0 Å². The minimum Gasteiger partial charge on any atom is -0.310 e. The molecule has 1 nitrogen and oxygen atoms in total. The Kier molecular flexibility index (Phi) is 4.39. The van der Waals surface area contributed by atoms with Crippen molar-refractivity contribution in [3.05, 3.63) is 0 Å². The zero-order chi connectivity index (χ0) is 10.7. The van der Waals surface area contributed by atoms with E-state index in [2.05, 4.69) is 30.9 Å². The highest BCUT2D eigenvalue weighted by Crippen LogP contribution is 2.30. The van der Waals surface area contributed by atoms with Crippen LogP contribution in [0.4, 0.5) is 0 Å². The molecular weight excluding hydrogens is 202 g/mol. The highest BCUT2D eigenvalue weighted by Gasteiger charge is 2.28. The first-order chi connectivity index (χ1) is 7.27. The minimum atomic E-state index is 0.803. The van der Waals surface area contributed by atoms with Crippen molar-refractivity contribution >= 4 is 11.8 Å². The Morgan fingerprint density at radius 2 is 1.93 bits per heavy atom. The van der Waals surface area contributed by atoms with E-state index in [1.165, 1.54) is 43.6 Å². The van der Waals surface area contributed by atoms with Gasteiger partial charge in [0.1, 0.15) is 0 Å². The lowest BCUT2D eigenvalue weighted by molar-refractivity contribution is 0.194. The Hall–Kier alpha value is 0.310. The molecule has 1 heterocycles. The molecule has 0 radical (unpaired) electrons. The lowest BCUT2D eigenvalue weighted by Crippen LogP contribution is -2.47. The van der Waals surface area contributed by atoms with E-state index >= 15 is 0 Å². The molecule has 0 spiro atoms. The molecular formula is C13H25NS. The Bertz CT molecular complexity index is 189. The lowest BCUT2D eigenvalue weighted by Gasteiger charge is -2.38. The fourth-order valence-corrected chi connectivity index (χ4v) is 4.08. The Morgan fingerprint density at radius 3 is 2.67 bits per heavy atom. The first kappa shape index (κ1) is 11.8. The minimum absolute atomic E-state index is 0.803. The lowest BCUT2D eigenvalue weighted by atomic mass is 9.78. The van der Waals surface area contributed by atoms with Gasteiger partial charge in [-0.1, -0.05) is 26.7 Å². The molecule has 1 N–H and O–H groups in total. The monoisotopic (exact) mass is 227 g/mol. The molecule has 1 aliphatic heterocycles. The van der Waals surface area contributed by atoms with Crippen LogP contribution in [0.2, 0.25) is 0 Å². The topological polar surface area (TPSA) is 12.0 Å². The number of hydrogen-bond acceptors (Lipinski definition) is 2. The summed E-state index contributed by atoms with van der Waals surface area (Å²) in [4.78, 5) is 0. The summed E-state index contributed by atoms with van der Waals surface area (Å²) >= 11 is 2.13. The number of hydrogen-bond donors (Lipinski definition) is 1. The van der Waals surface area contributed by atoms with E-state index in [0.717, 1.165) is 23.9 Å². The van der Waals surface area contributed by atoms with E-state index in [0.29, 0.717) is 0 Å². The van der Waals surface area contributed by atoms with Crippen LogP contribution in [0.15, 0.2) is 0 Å². The molecule has 2 fully saturated rings. The highest BCUT2D eigenvalue weighted by molar-refractivity contribution is 7.99. The van der Waals surface area contributed by atoms with Crippen LogP contribution in [0, 0.1) is 11.8 Å². The van der Waals surface area contributed by atoms with E-state index in [1.54, 1.807) is 0 Å². The fourth-order valence-electron chi connectivity index (χ4n) is 2.99. The van der Waals surface area contributed by atoms with Crippen LogP contribution in [0.25, 0.3) is 0 Å². The van der Waals surface area contributed by atoms with Crippen LogP contribution in [0.5, 0.6) is 0 Å². The maximum Gasteiger partial charge on any atom is 0.0161 e. The van der Waals surface area contributed by atoms with Crippen molar-refractivity contribution in [1.29, 1.82) is 0 Å². The molecule has 0 amide bonds. The van der Waals surface area contributed by atoms with Gasteiger partial charge in [-0.15, -0.1) is 0 Å². The zero-order valence-corrected chi connectivity index (χ0v) is 11.0. The summed E-state index contributed by atoms with van der Waals surface area (Å²) in [5, 5.41) is 3.92. The average molecular weight is 227 g/mol. The van der Waals surface area contributed by atoms with Crippen LogP contribution < -0.4 is 5.32 Å². The fraction of sp³-hybridized carbons (Fsp3) is 1.00. The molecule has 88 valence electrons. The molecule has 0 unspecified atom stereocenters. The quantitative estimate of drug-likeness (QED) is 0.777. The summed E-state index contributed by atoms with van der Waals surface area (Å²) in [5.41, 5.74) is 0. The van der Waals surface area contributed by atoms with E-state index in [1.807, 2.05) is 0 Å². The highest BCUT2D eigenvalue weighted by atomic mass is 32.2. The van der Waals surface area contributed by atoms with Crippen LogP contribution in [0.1, 0.15) is 46.0 Å². The van der Waals surface area contributed by atoms with Crippen molar-refractivity contribution in [3.63, 3.8) is 0 Å². The smallest absolute Gasteiger partial charge is 0.0161 e. The third-order valence-corrected chi connectivity index (χ3v) is 5.53. The largest absolute Gasteiger partial charge is 0.310 e. The maximum absolute atomic E-state index is 3.92. The summed E-state index contributed by atoms with van der Waals surface area (Å²) < 4.78 is 0.